The lowest BCUT2D eigenvalue weighted by Crippen LogP contribution is -2.48. The summed E-state index contributed by atoms with van der Waals surface area (Å²) in [6.07, 6.45) is 0.303. The molecule has 0 radical (unpaired) electrons. The van der Waals surface area contributed by atoms with Gasteiger partial charge >= 0.3 is 17.9 Å². The van der Waals surface area contributed by atoms with E-state index in [1.54, 1.807) is 38.1 Å². The highest BCUT2D eigenvalue weighted by Crippen LogP contribution is 2.38. The zero-order chi connectivity index (χ0) is 37.8. The number of methoxy groups -OCH3 is 1. The number of nitrogens with zero attached hydrogens (tertiary/aromatic N) is 4. The SMILES string of the molecule is CCOC(=O)C(Cc1ccccc1)NP(=O)(NC(Cc1ccccc1)C(=O)OCC)c1cccc(Cn2c(O)nc3c(N)nc(OCCOC)nc32)c1. The molecular formula is C37H44N7O8P. The molecule has 53 heavy (non-hydrogen) atoms. The van der Waals surface area contributed by atoms with Crippen molar-refractivity contribution in [1.82, 2.24) is 29.7 Å². The van der Waals surface area contributed by atoms with E-state index in [-0.39, 0.29) is 73.5 Å². The van der Waals surface area contributed by atoms with Crippen LogP contribution < -0.4 is 25.9 Å². The number of nitrogens with one attached hydrogen (secondary N) is 2. The summed E-state index contributed by atoms with van der Waals surface area (Å²) in [5, 5.41) is 17.3. The van der Waals surface area contributed by atoms with Crippen LogP contribution in [0.15, 0.2) is 84.9 Å². The van der Waals surface area contributed by atoms with Crippen LogP contribution in [0, 0.1) is 0 Å². The molecule has 3 aromatic carbocycles. The molecule has 0 saturated heterocycles. The first kappa shape index (κ1) is 38.9. The number of fused-ring (bicyclic) bond motifs is 1. The van der Waals surface area contributed by atoms with Gasteiger partial charge in [0.2, 0.25) is 7.44 Å². The van der Waals surface area contributed by atoms with Gasteiger partial charge in [-0.3, -0.25) is 18.7 Å². The average molecular weight is 746 g/mol. The quantitative estimate of drug-likeness (QED) is 0.0543. The van der Waals surface area contributed by atoms with Crippen LogP contribution in [-0.2, 0) is 47.8 Å². The van der Waals surface area contributed by atoms with E-state index in [0.717, 1.165) is 11.1 Å². The van der Waals surface area contributed by atoms with Crippen LogP contribution in [0.3, 0.4) is 0 Å². The lowest BCUT2D eigenvalue weighted by molar-refractivity contribution is -0.145. The van der Waals surface area contributed by atoms with Crippen molar-refractivity contribution >= 4 is 41.7 Å². The third-order valence-corrected chi connectivity index (χ3v) is 10.5. The van der Waals surface area contributed by atoms with Gasteiger partial charge in [-0.05, 0) is 55.5 Å². The highest BCUT2D eigenvalue weighted by Gasteiger charge is 2.37. The van der Waals surface area contributed by atoms with Gasteiger partial charge in [-0.25, -0.2) is 10.2 Å². The van der Waals surface area contributed by atoms with Crippen molar-refractivity contribution in [2.75, 3.05) is 39.3 Å². The lowest BCUT2D eigenvalue weighted by atomic mass is 10.1. The van der Waals surface area contributed by atoms with Gasteiger partial charge in [0, 0.05) is 12.4 Å². The molecule has 5 rings (SSSR count). The molecule has 2 atom stereocenters. The predicted molar refractivity (Wildman–Crippen MR) is 199 cm³/mol. The molecule has 5 aromatic rings. The van der Waals surface area contributed by atoms with Gasteiger partial charge in [-0.2, -0.15) is 15.0 Å². The zero-order valence-corrected chi connectivity index (χ0v) is 30.7. The van der Waals surface area contributed by atoms with Gasteiger partial charge in [0.15, 0.2) is 17.0 Å². The fourth-order valence-corrected chi connectivity index (χ4v) is 7.91. The highest BCUT2D eigenvalue weighted by molar-refractivity contribution is 7.67. The Kier molecular flexibility index (Phi) is 13.5. The molecule has 0 bridgehead atoms. The number of ether oxygens (including phenoxy) is 4. The van der Waals surface area contributed by atoms with Gasteiger partial charge in [-0.1, -0.05) is 72.8 Å². The van der Waals surface area contributed by atoms with Crippen molar-refractivity contribution in [2.24, 2.45) is 0 Å². The van der Waals surface area contributed by atoms with Crippen molar-refractivity contribution in [3.8, 4) is 12.0 Å². The van der Waals surface area contributed by atoms with Gasteiger partial charge in [0.25, 0.3) is 6.01 Å². The number of aromatic hydroxyl groups is 1. The first-order chi connectivity index (χ1) is 25.6. The molecule has 2 aromatic heterocycles. The maximum absolute atomic E-state index is 15.5. The largest absolute Gasteiger partial charge is 0.480 e. The summed E-state index contributed by atoms with van der Waals surface area (Å²) in [4.78, 5) is 39.6. The second kappa shape index (κ2) is 18.4. The molecule has 280 valence electrons. The van der Waals surface area contributed by atoms with E-state index in [9.17, 15) is 14.7 Å². The summed E-state index contributed by atoms with van der Waals surface area (Å²) >= 11 is 0. The van der Waals surface area contributed by atoms with Crippen molar-refractivity contribution in [3.05, 3.63) is 102 Å². The second-order valence-corrected chi connectivity index (χ2v) is 14.2. The molecule has 0 amide bonds. The van der Waals surface area contributed by atoms with Crippen LogP contribution in [0.25, 0.3) is 11.2 Å². The fraction of sp³-hybridized carbons (Fsp3) is 0.324. The van der Waals surface area contributed by atoms with Crippen LogP contribution in [0.2, 0.25) is 0 Å². The van der Waals surface area contributed by atoms with Crippen LogP contribution in [0.5, 0.6) is 12.0 Å². The molecule has 2 heterocycles. The van der Waals surface area contributed by atoms with E-state index in [4.69, 9.17) is 24.7 Å². The first-order valence-corrected chi connectivity index (χ1v) is 18.8. The number of hydrogen-bond donors (Lipinski definition) is 4. The Morgan fingerprint density at radius 3 is 1.92 bits per heavy atom. The highest BCUT2D eigenvalue weighted by atomic mass is 31.2. The molecule has 15 nitrogen and oxygen atoms in total. The number of hydrogen-bond acceptors (Lipinski definition) is 12. The van der Waals surface area contributed by atoms with E-state index < -0.39 is 31.5 Å². The number of esters is 2. The van der Waals surface area contributed by atoms with E-state index >= 15 is 4.57 Å². The molecule has 0 fully saturated rings. The van der Waals surface area contributed by atoms with Crippen molar-refractivity contribution < 1.29 is 38.2 Å². The van der Waals surface area contributed by atoms with E-state index in [0.29, 0.717) is 12.2 Å². The summed E-state index contributed by atoms with van der Waals surface area (Å²) < 4.78 is 38.4. The summed E-state index contributed by atoms with van der Waals surface area (Å²) in [7, 11) is -2.55. The average Bonchev–Trinajstić information content (AvgIpc) is 3.47. The topological polar surface area (TPSA) is 202 Å². The summed E-state index contributed by atoms with van der Waals surface area (Å²) in [5.74, 6) is -1.21. The van der Waals surface area contributed by atoms with Gasteiger partial charge in [0.1, 0.15) is 18.7 Å². The summed E-state index contributed by atoms with van der Waals surface area (Å²) in [6.45, 7) is 4.08. The van der Waals surface area contributed by atoms with Crippen molar-refractivity contribution in [1.29, 1.82) is 0 Å². The van der Waals surface area contributed by atoms with E-state index in [2.05, 4.69) is 25.1 Å². The number of rotatable bonds is 19. The van der Waals surface area contributed by atoms with Crippen LogP contribution in [0.1, 0.15) is 30.5 Å². The maximum Gasteiger partial charge on any atom is 0.323 e. The van der Waals surface area contributed by atoms with Gasteiger partial charge < -0.3 is 29.8 Å². The molecule has 16 heteroatoms. The molecule has 0 aliphatic heterocycles. The maximum atomic E-state index is 15.5. The third-order valence-electron chi connectivity index (χ3n) is 8.10. The Morgan fingerprint density at radius 1 is 0.811 bits per heavy atom. The van der Waals surface area contributed by atoms with Crippen LogP contribution in [-0.4, -0.2) is 82.2 Å². The smallest absolute Gasteiger partial charge is 0.323 e. The minimum absolute atomic E-state index is 0.00923. The normalized spacial score (nSPS) is 13.6. The zero-order valence-electron chi connectivity index (χ0n) is 29.8. The number of carbonyl (C=O) groups excluding carboxylic acids is 2. The van der Waals surface area contributed by atoms with Gasteiger partial charge in [-0.15, -0.1) is 0 Å². The van der Waals surface area contributed by atoms with E-state index in [1.807, 2.05) is 60.7 Å². The molecule has 5 N–H and O–H groups in total. The number of imidazole rings is 1. The van der Waals surface area contributed by atoms with Crippen molar-refractivity contribution in [2.45, 2.75) is 45.3 Å². The lowest BCUT2D eigenvalue weighted by Gasteiger charge is -2.29. The Hall–Kier alpha value is -5.34. The number of nitrogen functional groups attached to an aromatic ring is 1. The molecule has 0 saturated carbocycles. The molecule has 0 aliphatic rings. The Labute approximate surface area is 307 Å². The molecule has 2 unspecified atom stereocenters. The fourth-order valence-electron chi connectivity index (χ4n) is 5.62. The molecular weight excluding hydrogens is 701 g/mol. The number of aromatic nitrogens is 4. The Bertz CT molecular complexity index is 1960. The molecule has 0 aliphatic carbocycles. The minimum Gasteiger partial charge on any atom is -0.480 e. The standard InChI is InChI=1S/C37H44N7O8P/c1-4-50-34(45)29(22-25-13-8-6-9-14-25)42-53(48,43-30(35(46)51-5-2)23-26-15-10-7-11-16-26)28-18-12-17-27(21-28)24-44-33-31(39-37(44)47)32(38)40-36(41-33)52-20-19-49-3/h6-18,21,29-30H,4-5,19-20,22-24H2,1-3H3,(H,39,47)(H2,38,40,41)(H2,42,43,48). The monoisotopic (exact) mass is 745 g/mol. The van der Waals surface area contributed by atoms with Gasteiger partial charge in [0.05, 0.1) is 26.4 Å². The molecule has 0 spiro atoms. The number of anilines is 1. The summed E-state index contributed by atoms with van der Waals surface area (Å²) in [5.41, 5.74) is 8.70. The first-order valence-electron chi connectivity index (χ1n) is 17.1. The van der Waals surface area contributed by atoms with Crippen LogP contribution >= 0.6 is 7.44 Å². The second-order valence-electron chi connectivity index (χ2n) is 11.9. The Balaban J connectivity index is 1.56. The minimum atomic E-state index is -4.09. The number of nitrogens with two attached hydrogens (primary N) is 1. The van der Waals surface area contributed by atoms with Crippen LogP contribution in [0.4, 0.5) is 5.82 Å². The number of benzene rings is 3. The summed E-state index contributed by atoms with van der Waals surface area (Å²) in [6, 6.07) is 22.7. The number of carbonyl (C=O) groups is 2. The third kappa shape index (κ3) is 10.2. The van der Waals surface area contributed by atoms with E-state index in [1.165, 1.54) is 11.7 Å². The predicted octanol–water partition coefficient (Wildman–Crippen LogP) is 3.53. The Morgan fingerprint density at radius 2 is 1.38 bits per heavy atom. The van der Waals surface area contributed by atoms with Crippen molar-refractivity contribution in [3.63, 3.8) is 0 Å².